The van der Waals surface area contributed by atoms with Gasteiger partial charge < -0.3 is 9.47 Å². The molecule has 2 heterocycles. The molecule has 1 atom stereocenters. The second-order valence-electron chi connectivity index (χ2n) is 10.5. The number of halogens is 3. The van der Waals surface area contributed by atoms with Gasteiger partial charge in [0, 0.05) is 28.9 Å². The van der Waals surface area contributed by atoms with Gasteiger partial charge in [-0.05, 0) is 54.3 Å². The van der Waals surface area contributed by atoms with Gasteiger partial charge in [-0.25, -0.2) is 19.5 Å². The van der Waals surface area contributed by atoms with Crippen LogP contribution in [0.2, 0.25) is 0 Å². The van der Waals surface area contributed by atoms with Crippen LogP contribution in [0, 0.1) is 18.3 Å². The highest BCUT2D eigenvalue weighted by Crippen LogP contribution is 2.28. The second-order valence-corrected chi connectivity index (χ2v) is 11.4. The summed E-state index contributed by atoms with van der Waals surface area (Å²) in [6, 6.07) is 19.2. The predicted molar refractivity (Wildman–Crippen MR) is 170 cm³/mol. The van der Waals surface area contributed by atoms with Crippen LogP contribution in [0.25, 0.3) is 22.8 Å². The number of rotatable bonds is 8. The summed E-state index contributed by atoms with van der Waals surface area (Å²) in [5, 5.41) is 16.1. The fraction of sp³-hybridized carbons (Fsp3) is 0.212. The number of aromatic nitrogens is 4. The summed E-state index contributed by atoms with van der Waals surface area (Å²) >= 11 is 1.31. The van der Waals surface area contributed by atoms with Crippen LogP contribution in [0.4, 0.5) is 18.0 Å². The monoisotopic (exact) mass is 659 g/mol. The number of nitriles is 1. The third-order valence-electron chi connectivity index (χ3n) is 7.00. The molecule has 1 unspecified atom stereocenters. The molecule has 0 saturated heterocycles. The minimum Gasteiger partial charge on any atom is -0.497 e. The maximum Gasteiger partial charge on any atom is 0.573 e. The quantitative estimate of drug-likeness (QED) is 0.159. The van der Waals surface area contributed by atoms with E-state index in [2.05, 4.69) is 44.7 Å². The van der Waals surface area contributed by atoms with Crippen molar-refractivity contribution < 1.29 is 27.4 Å². The van der Waals surface area contributed by atoms with Crippen molar-refractivity contribution >= 4 is 23.6 Å². The first-order valence-electron chi connectivity index (χ1n) is 14.2. The standard InChI is InChI=1S/C33H28F3N7O3S/c1-20(2)28-14-13-27(45-4)15-29(28)43-21(3)18-47-32(43)40-31(44)38-17-24(16-37)22-5-7-23(8-6-22)30-39-19-42(41-30)25-9-11-26(12-10-25)46-33(34,35)36/h5-15,17-20,24H,1-4H3. The van der Waals surface area contributed by atoms with E-state index in [9.17, 15) is 23.2 Å². The molecule has 0 bridgehead atoms. The summed E-state index contributed by atoms with van der Waals surface area (Å²) in [7, 11) is 1.60. The molecule has 5 rings (SSSR count). The number of carbonyl (C=O) groups excluding carboxylic acids is 1. The lowest BCUT2D eigenvalue weighted by Gasteiger charge is -2.16. The van der Waals surface area contributed by atoms with E-state index >= 15 is 0 Å². The summed E-state index contributed by atoms with van der Waals surface area (Å²) in [6.07, 6.45) is -2.09. The van der Waals surface area contributed by atoms with E-state index in [1.54, 1.807) is 31.4 Å². The minimum absolute atomic E-state index is 0.209. The minimum atomic E-state index is -4.78. The van der Waals surface area contributed by atoms with Gasteiger partial charge in [-0.15, -0.1) is 29.6 Å². The van der Waals surface area contributed by atoms with Crippen LogP contribution in [0.15, 0.2) is 88.4 Å². The number of benzene rings is 3. The summed E-state index contributed by atoms with van der Waals surface area (Å²) < 4.78 is 49.9. The molecule has 0 fully saturated rings. The Balaban J connectivity index is 1.31. The van der Waals surface area contributed by atoms with Crippen LogP contribution >= 0.6 is 11.3 Å². The fourth-order valence-corrected chi connectivity index (χ4v) is 5.56. The number of methoxy groups -OCH3 is 1. The van der Waals surface area contributed by atoms with E-state index in [0.717, 1.165) is 16.9 Å². The molecule has 0 saturated carbocycles. The molecular formula is C33H28F3N7O3S. The molecule has 0 radical (unpaired) electrons. The van der Waals surface area contributed by atoms with Gasteiger partial charge in [0.15, 0.2) is 10.6 Å². The van der Waals surface area contributed by atoms with Crippen LogP contribution in [0.3, 0.4) is 0 Å². The van der Waals surface area contributed by atoms with Gasteiger partial charge >= 0.3 is 12.4 Å². The van der Waals surface area contributed by atoms with Crippen LogP contribution < -0.4 is 14.3 Å². The second kappa shape index (κ2) is 13.8. The molecule has 2 aromatic heterocycles. The highest BCUT2D eigenvalue weighted by atomic mass is 32.1. The maximum atomic E-state index is 12.9. The molecule has 2 amide bonds. The van der Waals surface area contributed by atoms with Crippen molar-refractivity contribution in [3.8, 4) is 40.3 Å². The van der Waals surface area contributed by atoms with Crippen molar-refractivity contribution in [3.63, 3.8) is 0 Å². The normalized spacial score (nSPS) is 12.8. The van der Waals surface area contributed by atoms with Crippen molar-refractivity contribution in [2.45, 2.75) is 39.0 Å². The van der Waals surface area contributed by atoms with Crippen molar-refractivity contribution in [2.24, 2.45) is 9.98 Å². The number of hydrogen-bond donors (Lipinski definition) is 0. The molecule has 3 aromatic carbocycles. The molecular weight excluding hydrogens is 631 g/mol. The van der Waals surface area contributed by atoms with E-state index in [4.69, 9.17) is 4.74 Å². The molecule has 14 heteroatoms. The lowest BCUT2D eigenvalue weighted by molar-refractivity contribution is -0.274. The van der Waals surface area contributed by atoms with E-state index in [1.165, 1.54) is 52.8 Å². The first-order valence-corrected chi connectivity index (χ1v) is 15.1. The van der Waals surface area contributed by atoms with Gasteiger partial charge in [-0.1, -0.05) is 44.2 Å². The van der Waals surface area contributed by atoms with Crippen molar-refractivity contribution in [1.29, 1.82) is 5.26 Å². The Hall–Kier alpha value is -5.55. The Morgan fingerprint density at radius 2 is 1.77 bits per heavy atom. The Morgan fingerprint density at radius 3 is 2.40 bits per heavy atom. The topological polar surface area (TPSA) is 120 Å². The van der Waals surface area contributed by atoms with Crippen molar-refractivity contribution in [3.05, 3.63) is 100 Å². The Kier molecular flexibility index (Phi) is 9.67. The SMILES string of the molecule is COc1ccc(C(C)C)c(-n2c(C)csc2=NC(=O)N=CC(C#N)c2ccc(-c3ncn(-c4ccc(OC(F)(F)F)cc4)n3)cc2)c1. The van der Waals surface area contributed by atoms with Gasteiger partial charge in [0.1, 0.15) is 23.7 Å². The zero-order valence-electron chi connectivity index (χ0n) is 25.6. The Morgan fingerprint density at radius 1 is 1.06 bits per heavy atom. The van der Waals surface area contributed by atoms with Crippen LogP contribution in [0.1, 0.15) is 42.5 Å². The third kappa shape index (κ3) is 7.82. The van der Waals surface area contributed by atoms with Crippen LogP contribution in [-0.4, -0.2) is 45.0 Å². The zero-order chi connectivity index (χ0) is 33.7. The van der Waals surface area contributed by atoms with E-state index in [-0.39, 0.29) is 11.7 Å². The highest BCUT2D eigenvalue weighted by molar-refractivity contribution is 7.07. The summed E-state index contributed by atoms with van der Waals surface area (Å²) in [5.41, 5.74) is 4.53. The summed E-state index contributed by atoms with van der Waals surface area (Å²) in [6.45, 7) is 6.09. The van der Waals surface area contributed by atoms with Crippen molar-refractivity contribution in [1.82, 2.24) is 19.3 Å². The van der Waals surface area contributed by atoms with Gasteiger partial charge in [0.2, 0.25) is 0 Å². The number of nitrogens with zero attached hydrogens (tertiary/aromatic N) is 7. The highest BCUT2D eigenvalue weighted by Gasteiger charge is 2.31. The number of alkyl halides is 3. The number of aryl methyl sites for hydroxylation is 1. The van der Waals surface area contributed by atoms with Crippen LogP contribution in [-0.2, 0) is 0 Å². The Labute approximate surface area is 271 Å². The smallest absolute Gasteiger partial charge is 0.497 e. The van der Waals surface area contributed by atoms with Gasteiger partial charge in [0.05, 0.1) is 24.6 Å². The first kappa shape index (κ1) is 32.8. The fourth-order valence-electron chi connectivity index (χ4n) is 4.70. The number of hydrogen-bond acceptors (Lipinski definition) is 7. The number of aliphatic imine (C=N–C) groups is 1. The van der Waals surface area contributed by atoms with Gasteiger partial charge in [-0.3, -0.25) is 4.57 Å². The molecule has 10 nitrogen and oxygen atoms in total. The molecule has 0 aliphatic rings. The van der Waals surface area contributed by atoms with Gasteiger partial charge in [-0.2, -0.15) is 10.3 Å². The lowest BCUT2D eigenvalue weighted by Crippen LogP contribution is -2.18. The first-order chi connectivity index (χ1) is 22.5. The number of amides is 2. The van der Waals surface area contributed by atoms with Gasteiger partial charge in [0.25, 0.3) is 0 Å². The average molecular weight is 660 g/mol. The average Bonchev–Trinajstić information content (AvgIpc) is 3.68. The molecule has 0 N–H and O–H groups in total. The number of carbonyl (C=O) groups is 1. The molecule has 0 spiro atoms. The maximum absolute atomic E-state index is 12.9. The molecule has 5 aromatic rings. The van der Waals surface area contributed by atoms with Crippen LogP contribution in [0.5, 0.6) is 11.5 Å². The summed E-state index contributed by atoms with van der Waals surface area (Å²) in [5.74, 6) is 0.0784. The number of urea groups is 1. The lowest BCUT2D eigenvalue weighted by atomic mass is 10.0. The number of ether oxygens (including phenoxy) is 2. The van der Waals surface area contributed by atoms with E-state index < -0.39 is 18.3 Å². The predicted octanol–water partition coefficient (Wildman–Crippen LogP) is 7.52. The molecule has 240 valence electrons. The molecule has 47 heavy (non-hydrogen) atoms. The molecule has 0 aliphatic carbocycles. The summed E-state index contributed by atoms with van der Waals surface area (Å²) in [4.78, 5) is 25.8. The third-order valence-corrected chi connectivity index (χ3v) is 7.94. The number of thiazole rings is 1. The van der Waals surface area contributed by atoms with Crippen molar-refractivity contribution in [2.75, 3.05) is 7.11 Å². The largest absolute Gasteiger partial charge is 0.573 e. The Bertz CT molecular complexity index is 2020. The molecule has 0 aliphatic heterocycles. The zero-order valence-corrected chi connectivity index (χ0v) is 26.5. The van der Waals surface area contributed by atoms with E-state index in [1.807, 2.05) is 35.1 Å². The van der Waals surface area contributed by atoms with E-state index in [0.29, 0.717) is 33.2 Å².